The molecule has 0 bridgehead atoms. The van der Waals surface area contributed by atoms with Gasteiger partial charge in [0.15, 0.2) is 0 Å². The summed E-state index contributed by atoms with van der Waals surface area (Å²) in [4.78, 5) is 12.1. The number of halogens is 1. The molecule has 7 nitrogen and oxygen atoms in total. The van der Waals surface area contributed by atoms with E-state index in [0.717, 1.165) is 5.56 Å². The van der Waals surface area contributed by atoms with Crippen LogP contribution in [0.5, 0.6) is 5.75 Å². The van der Waals surface area contributed by atoms with Gasteiger partial charge in [-0.3, -0.25) is 4.79 Å². The number of para-hydroxylation sites is 2. The van der Waals surface area contributed by atoms with E-state index in [4.69, 9.17) is 4.74 Å². The number of thioether (sulfide) groups is 1. The molecule has 27 heavy (non-hydrogen) atoms. The third kappa shape index (κ3) is 5.04. The Morgan fingerprint density at radius 2 is 2.00 bits per heavy atom. The van der Waals surface area contributed by atoms with Crippen LogP contribution in [0.15, 0.2) is 53.7 Å². The third-order valence-corrected chi connectivity index (χ3v) is 4.49. The highest BCUT2D eigenvalue weighted by atomic mass is 32.2. The van der Waals surface area contributed by atoms with Crippen molar-refractivity contribution in [1.82, 2.24) is 25.5 Å². The summed E-state index contributed by atoms with van der Waals surface area (Å²) < 4.78 is 20.0. The second-order valence-electron chi connectivity index (χ2n) is 5.47. The van der Waals surface area contributed by atoms with Gasteiger partial charge in [0, 0.05) is 6.54 Å². The summed E-state index contributed by atoms with van der Waals surface area (Å²) in [6.07, 6.45) is 0. The summed E-state index contributed by atoms with van der Waals surface area (Å²) in [5.74, 6) is 0.338. The monoisotopic (exact) mass is 387 g/mol. The Bertz CT molecular complexity index is 901. The molecular formula is C18H18FN5O2S. The van der Waals surface area contributed by atoms with Crippen molar-refractivity contribution in [3.05, 3.63) is 59.9 Å². The normalized spacial score (nSPS) is 10.6. The molecule has 0 spiro atoms. The van der Waals surface area contributed by atoms with Crippen molar-refractivity contribution >= 4 is 17.7 Å². The molecule has 0 unspecified atom stereocenters. The number of carbonyl (C=O) groups excluding carboxylic acids is 1. The molecule has 2 aromatic carbocycles. The molecule has 0 saturated heterocycles. The molecule has 0 fully saturated rings. The minimum absolute atomic E-state index is 0.151. The summed E-state index contributed by atoms with van der Waals surface area (Å²) in [6.45, 7) is 2.75. The van der Waals surface area contributed by atoms with Gasteiger partial charge in [0.25, 0.3) is 0 Å². The molecule has 1 N–H and O–H groups in total. The number of rotatable bonds is 8. The maximum atomic E-state index is 12.9. The largest absolute Gasteiger partial charge is 0.492 e. The number of carbonyl (C=O) groups is 1. The highest BCUT2D eigenvalue weighted by Gasteiger charge is 2.14. The summed E-state index contributed by atoms with van der Waals surface area (Å²) in [5, 5.41) is 14.9. The van der Waals surface area contributed by atoms with Crippen LogP contribution in [0.3, 0.4) is 0 Å². The number of tetrazole rings is 1. The molecule has 1 heterocycles. The summed E-state index contributed by atoms with van der Waals surface area (Å²) in [6, 6.07) is 13.4. The van der Waals surface area contributed by atoms with Crippen molar-refractivity contribution in [2.24, 2.45) is 0 Å². The van der Waals surface area contributed by atoms with E-state index in [-0.39, 0.29) is 17.5 Å². The Morgan fingerprint density at radius 3 is 2.78 bits per heavy atom. The van der Waals surface area contributed by atoms with Gasteiger partial charge in [-0.15, -0.1) is 5.10 Å². The quantitative estimate of drug-likeness (QED) is 0.599. The molecule has 0 aliphatic rings. The highest BCUT2D eigenvalue weighted by Crippen LogP contribution is 2.25. The fourth-order valence-electron chi connectivity index (χ4n) is 2.31. The fourth-order valence-corrected chi connectivity index (χ4v) is 3.03. The lowest BCUT2D eigenvalue weighted by Crippen LogP contribution is -2.24. The molecule has 0 atom stereocenters. The first kappa shape index (κ1) is 18.8. The van der Waals surface area contributed by atoms with Gasteiger partial charge >= 0.3 is 0 Å². The van der Waals surface area contributed by atoms with Crippen LogP contribution in [-0.2, 0) is 11.3 Å². The van der Waals surface area contributed by atoms with Gasteiger partial charge < -0.3 is 10.1 Å². The van der Waals surface area contributed by atoms with Crippen LogP contribution in [0.1, 0.15) is 12.5 Å². The van der Waals surface area contributed by atoms with Crippen LogP contribution in [0.2, 0.25) is 0 Å². The zero-order chi connectivity index (χ0) is 19.1. The summed E-state index contributed by atoms with van der Waals surface area (Å²) in [5.41, 5.74) is 1.53. The smallest absolute Gasteiger partial charge is 0.230 e. The number of hydrogen-bond acceptors (Lipinski definition) is 6. The van der Waals surface area contributed by atoms with Crippen LogP contribution >= 0.6 is 11.8 Å². The molecule has 0 radical (unpaired) electrons. The first-order valence-corrected chi connectivity index (χ1v) is 9.30. The van der Waals surface area contributed by atoms with Gasteiger partial charge in [0.2, 0.25) is 11.1 Å². The maximum absolute atomic E-state index is 12.9. The lowest BCUT2D eigenvalue weighted by molar-refractivity contribution is -0.118. The molecule has 140 valence electrons. The van der Waals surface area contributed by atoms with Gasteiger partial charge in [-0.2, -0.15) is 4.68 Å². The van der Waals surface area contributed by atoms with E-state index < -0.39 is 0 Å². The second kappa shape index (κ2) is 9.13. The van der Waals surface area contributed by atoms with Crippen molar-refractivity contribution in [2.45, 2.75) is 18.6 Å². The predicted molar refractivity (Wildman–Crippen MR) is 99.3 cm³/mol. The second-order valence-corrected chi connectivity index (χ2v) is 6.41. The van der Waals surface area contributed by atoms with Gasteiger partial charge in [0.05, 0.1) is 12.4 Å². The van der Waals surface area contributed by atoms with Gasteiger partial charge in [-0.1, -0.05) is 36.0 Å². The number of ether oxygens (including phenoxy) is 1. The first-order chi connectivity index (χ1) is 13.2. The average Bonchev–Trinajstić information content (AvgIpc) is 3.15. The summed E-state index contributed by atoms with van der Waals surface area (Å²) in [7, 11) is 0. The van der Waals surface area contributed by atoms with E-state index >= 15 is 0 Å². The molecule has 0 aliphatic carbocycles. The molecule has 3 rings (SSSR count). The van der Waals surface area contributed by atoms with Gasteiger partial charge in [-0.25, -0.2) is 4.39 Å². The number of aromatic nitrogens is 4. The van der Waals surface area contributed by atoms with Crippen LogP contribution in [0.25, 0.3) is 5.69 Å². The Morgan fingerprint density at radius 1 is 1.22 bits per heavy atom. The minimum atomic E-state index is -0.306. The molecule has 9 heteroatoms. The molecule has 0 aliphatic heterocycles. The lowest BCUT2D eigenvalue weighted by Gasteiger charge is -2.10. The van der Waals surface area contributed by atoms with Crippen LogP contribution in [0.4, 0.5) is 4.39 Å². The summed E-state index contributed by atoms with van der Waals surface area (Å²) >= 11 is 1.22. The molecule has 0 saturated carbocycles. The van der Waals surface area contributed by atoms with Gasteiger partial charge in [0.1, 0.15) is 17.3 Å². The molecule has 1 aromatic heterocycles. The highest BCUT2D eigenvalue weighted by molar-refractivity contribution is 7.99. The average molecular weight is 387 g/mol. The Hall–Kier alpha value is -2.94. The number of nitrogens with zero attached hydrogens (tertiary/aromatic N) is 4. The SMILES string of the molecule is CCOc1ccccc1-n1nnnc1SCC(=O)NCc1ccc(F)cc1. The Balaban J connectivity index is 1.60. The lowest BCUT2D eigenvalue weighted by atomic mass is 10.2. The van der Waals surface area contributed by atoms with Crippen LogP contribution in [0, 0.1) is 5.82 Å². The third-order valence-electron chi connectivity index (χ3n) is 3.57. The van der Waals surface area contributed by atoms with E-state index in [1.54, 1.807) is 16.8 Å². The topological polar surface area (TPSA) is 81.9 Å². The van der Waals surface area contributed by atoms with Crippen LogP contribution < -0.4 is 10.1 Å². The van der Waals surface area contributed by atoms with Gasteiger partial charge in [-0.05, 0) is 47.2 Å². The van der Waals surface area contributed by atoms with Crippen molar-refractivity contribution in [3.63, 3.8) is 0 Å². The van der Waals surface area contributed by atoms with E-state index in [1.807, 2.05) is 31.2 Å². The fraction of sp³-hybridized carbons (Fsp3) is 0.222. The zero-order valence-corrected chi connectivity index (χ0v) is 15.4. The van der Waals surface area contributed by atoms with Crippen molar-refractivity contribution in [3.8, 4) is 11.4 Å². The molecule has 1 amide bonds. The number of nitrogens with one attached hydrogen (secondary N) is 1. The maximum Gasteiger partial charge on any atom is 0.230 e. The number of amides is 1. The van der Waals surface area contributed by atoms with Crippen LogP contribution in [-0.4, -0.2) is 38.5 Å². The predicted octanol–water partition coefficient (Wildman–Crippen LogP) is 2.61. The van der Waals surface area contributed by atoms with Crippen molar-refractivity contribution in [2.75, 3.05) is 12.4 Å². The van der Waals surface area contributed by atoms with E-state index in [2.05, 4.69) is 20.8 Å². The molecule has 3 aromatic rings. The van der Waals surface area contributed by atoms with E-state index in [1.165, 1.54) is 23.9 Å². The zero-order valence-electron chi connectivity index (χ0n) is 14.6. The first-order valence-electron chi connectivity index (χ1n) is 8.32. The minimum Gasteiger partial charge on any atom is -0.492 e. The van der Waals surface area contributed by atoms with Crippen molar-refractivity contribution in [1.29, 1.82) is 0 Å². The van der Waals surface area contributed by atoms with E-state index in [0.29, 0.717) is 29.7 Å². The van der Waals surface area contributed by atoms with Crippen molar-refractivity contribution < 1.29 is 13.9 Å². The standard InChI is InChI=1S/C18H18FN5O2S/c1-2-26-16-6-4-3-5-15(16)24-18(21-22-23-24)27-12-17(25)20-11-13-7-9-14(19)10-8-13/h3-10H,2,11-12H2,1H3,(H,20,25). The number of hydrogen-bond donors (Lipinski definition) is 1. The van der Waals surface area contributed by atoms with E-state index in [9.17, 15) is 9.18 Å². The number of benzene rings is 2. The molecular weight excluding hydrogens is 369 g/mol. The Labute approximate surface area is 159 Å². The Kier molecular flexibility index (Phi) is 6.37.